The van der Waals surface area contributed by atoms with Crippen molar-refractivity contribution >= 4 is 33.5 Å². The van der Waals surface area contributed by atoms with E-state index in [4.69, 9.17) is 0 Å². The van der Waals surface area contributed by atoms with Crippen molar-refractivity contribution in [3.05, 3.63) is 86.1 Å². The molecule has 0 aliphatic heterocycles. The number of aromatic nitrogens is 1. The fraction of sp³-hybridized carbons (Fsp3) is 0.105. The van der Waals surface area contributed by atoms with Crippen molar-refractivity contribution in [1.29, 1.82) is 0 Å². The number of hydrogen-bond acceptors (Lipinski definition) is 4. The van der Waals surface area contributed by atoms with Gasteiger partial charge in [-0.15, -0.1) is 0 Å². The van der Waals surface area contributed by atoms with E-state index >= 15 is 0 Å². The number of nitro groups is 1. The van der Waals surface area contributed by atoms with Crippen LogP contribution in [0.1, 0.15) is 17.0 Å². The molecule has 0 aliphatic rings. The summed E-state index contributed by atoms with van der Waals surface area (Å²) < 4.78 is 3.19. The summed E-state index contributed by atoms with van der Waals surface area (Å²) in [7, 11) is 0. The summed E-state index contributed by atoms with van der Waals surface area (Å²) in [6.45, 7) is 4.09. The molecular formula is C19H17BrN4O2. The molecule has 0 saturated carbocycles. The summed E-state index contributed by atoms with van der Waals surface area (Å²) in [6, 6.07) is 16.3. The maximum absolute atomic E-state index is 10.7. The van der Waals surface area contributed by atoms with Gasteiger partial charge in [-0.25, -0.2) is 0 Å². The van der Waals surface area contributed by atoms with Crippen LogP contribution in [0, 0.1) is 24.0 Å². The van der Waals surface area contributed by atoms with Gasteiger partial charge in [-0.3, -0.25) is 15.5 Å². The molecule has 0 saturated heterocycles. The van der Waals surface area contributed by atoms with Gasteiger partial charge in [0.15, 0.2) is 0 Å². The second-order valence-corrected chi connectivity index (χ2v) is 6.64. The molecule has 2 aromatic carbocycles. The molecule has 1 aromatic heterocycles. The number of anilines is 1. The van der Waals surface area contributed by atoms with Gasteiger partial charge in [0.1, 0.15) is 0 Å². The van der Waals surface area contributed by atoms with E-state index in [1.54, 1.807) is 18.3 Å². The predicted octanol–water partition coefficient (Wildman–Crippen LogP) is 5.21. The van der Waals surface area contributed by atoms with Crippen LogP contribution in [-0.2, 0) is 0 Å². The third-order valence-corrected chi connectivity index (χ3v) is 4.71. The molecule has 0 aliphatic carbocycles. The van der Waals surface area contributed by atoms with Crippen LogP contribution in [0.25, 0.3) is 5.69 Å². The van der Waals surface area contributed by atoms with E-state index < -0.39 is 4.92 Å². The molecule has 0 radical (unpaired) electrons. The summed E-state index contributed by atoms with van der Waals surface area (Å²) >= 11 is 3.60. The maximum Gasteiger partial charge on any atom is 0.269 e. The lowest BCUT2D eigenvalue weighted by Crippen LogP contribution is -2.00. The fourth-order valence-electron chi connectivity index (χ4n) is 2.76. The van der Waals surface area contributed by atoms with Crippen molar-refractivity contribution in [2.45, 2.75) is 13.8 Å². The van der Waals surface area contributed by atoms with Crippen LogP contribution in [0.4, 0.5) is 11.4 Å². The molecule has 132 valence electrons. The topological polar surface area (TPSA) is 72.5 Å². The minimum Gasteiger partial charge on any atom is -0.317 e. The molecule has 0 unspecified atom stereocenters. The molecule has 3 rings (SSSR count). The highest BCUT2D eigenvalue weighted by atomic mass is 79.9. The summed E-state index contributed by atoms with van der Waals surface area (Å²) in [5.74, 6) is 0. The molecule has 26 heavy (non-hydrogen) atoms. The van der Waals surface area contributed by atoms with E-state index in [1.165, 1.54) is 12.1 Å². The Hall–Kier alpha value is -2.93. The zero-order valence-corrected chi connectivity index (χ0v) is 15.9. The largest absolute Gasteiger partial charge is 0.317 e. The smallest absolute Gasteiger partial charge is 0.269 e. The highest BCUT2D eigenvalue weighted by Crippen LogP contribution is 2.26. The number of halogens is 1. The predicted molar refractivity (Wildman–Crippen MR) is 107 cm³/mol. The number of benzene rings is 2. The normalized spacial score (nSPS) is 11.0. The third-order valence-electron chi connectivity index (χ3n) is 4.04. The zero-order valence-electron chi connectivity index (χ0n) is 14.3. The molecule has 6 nitrogen and oxygen atoms in total. The number of nitro benzene ring substituents is 1. The lowest BCUT2D eigenvalue weighted by atomic mass is 10.2. The molecular weight excluding hydrogens is 396 g/mol. The second-order valence-electron chi connectivity index (χ2n) is 5.79. The number of nitrogens with one attached hydrogen (secondary N) is 1. The highest BCUT2D eigenvalue weighted by Gasteiger charge is 2.11. The van der Waals surface area contributed by atoms with E-state index in [-0.39, 0.29) is 5.69 Å². The molecule has 0 bridgehead atoms. The number of para-hydroxylation sites is 1. The lowest BCUT2D eigenvalue weighted by molar-refractivity contribution is -0.384. The number of non-ortho nitro benzene ring substituents is 1. The molecule has 0 atom stereocenters. The number of nitrogens with zero attached hydrogens (tertiary/aromatic N) is 3. The van der Waals surface area contributed by atoms with E-state index in [9.17, 15) is 10.1 Å². The minimum absolute atomic E-state index is 0.0523. The van der Waals surface area contributed by atoms with Crippen LogP contribution in [0.5, 0.6) is 0 Å². The first kappa shape index (κ1) is 17.9. The molecule has 0 fully saturated rings. The van der Waals surface area contributed by atoms with Crippen LogP contribution in [0.3, 0.4) is 0 Å². The van der Waals surface area contributed by atoms with E-state index in [1.807, 2.05) is 32.0 Å². The van der Waals surface area contributed by atoms with Gasteiger partial charge < -0.3 is 4.57 Å². The van der Waals surface area contributed by atoms with Crippen molar-refractivity contribution in [3.63, 3.8) is 0 Å². The van der Waals surface area contributed by atoms with Crippen molar-refractivity contribution in [2.24, 2.45) is 5.10 Å². The molecule has 7 heteroatoms. The van der Waals surface area contributed by atoms with Crippen molar-refractivity contribution < 1.29 is 4.92 Å². The van der Waals surface area contributed by atoms with Crippen LogP contribution in [-0.4, -0.2) is 15.7 Å². The molecule has 3 aromatic rings. The van der Waals surface area contributed by atoms with Gasteiger partial charge in [0, 0.05) is 33.6 Å². The molecule has 0 amide bonds. The zero-order chi connectivity index (χ0) is 18.7. The Labute approximate surface area is 159 Å². The lowest BCUT2D eigenvalue weighted by Gasteiger charge is -2.11. The average Bonchev–Trinajstić information content (AvgIpc) is 2.90. The summed E-state index contributed by atoms with van der Waals surface area (Å²) in [4.78, 5) is 10.2. The quantitative estimate of drug-likeness (QED) is 0.355. The van der Waals surface area contributed by atoms with Crippen molar-refractivity contribution in [2.75, 3.05) is 5.43 Å². The van der Waals surface area contributed by atoms with Crippen molar-refractivity contribution in [3.8, 4) is 5.69 Å². The van der Waals surface area contributed by atoms with Crippen molar-refractivity contribution in [1.82, 2.24) is 4.57 Å². The van der Waals surface area contributed by atoms with Gasteiger partial charge in [-0.1, -0.05) is 12.1 Å². The van der Waals surface area contributed by atoms with Gasteiger partial charge in [-0.05, 0) is 60.1 Å². The maximum atomic E-state index is 10.7. The van der Waals surface area contributed by atoms with Gasteiger partial charge in [0.25, 0.3) is 5.69 Å². The SMILES string of the molecule is Cc1cc(/C=N/Nc2ccc([N+](=O)[O-])cc2)c(C)n1-c1ccccc1Br. The number of rotatable bonds is 5. The van der Waals surface area contributed by atoms with Crippen LogP contribution >= 0.6 is 15.9 Å². The van der Waals surface area contributed by atoms with E-state index in [0.29, 0.717) is 5.69 Å². The van der Waals surface area contributed by atoms with Gasteiger partial charge in [0.2, 0.25) is 0 Å². The first-order chi connectivity index (χ1) is 12.5. The number of hydrazone groups is 1. The molecule has 1 N–H and O–H groups in total. The van der Waals surface area contributed by atoms with Crippen LogP contribution < -0.4 is 5.43 Å². The standard InChI is InChI=1S/C19H17BrN4O2/c1-13-11-15(14(2)23(13)19-6-4-3-5-18(19)20)12-21-22-16-7-9-17(10-8-16)24(25)26/h3-12,22H,1-2H3/b21-12+. The second kappa shape index (κ2) is 7.53. The first-order valence-electron chi connectivity index (χ1n) is 7.95. The number of hydrogen-bond donors (Lipinski definition) is 1. The Morgan fingerprint density at radius 2 is 1.85 bits per heavy atom. The Morgan fingerprint density at radius 1 is 1.15 bits per heavy atom. The van der Waals surface area contributed by atoms with Gasteiger partial charge in [0.05, 0.1) is 22.5 Å². The summed E-state index contributed by atoms with van der Waals surface area (Å²) in [6.07, 6.45) is 1.75. The van der Waals surface area contributed by atoms with Gasteiger partial charge in [-0.2, -0.15) is 5.10 Å². The van der Waals surface area contributed by atoms with E-state index in [0.717, 1.165) is 27.1 Å². The first-order valence-corrected chi connectivity index (χ1v) is 8.74. The molecule has 0 spiro atoms. The summed E-state index contributed by atoms with van der Waals surface area (Å²) in [5, 5.41) is 14.9. The van der Waals surface area contributed by atoms with Crippen LogP contribution in [0.15, 0.2) is 64.2 Å². The Morgan fingerprint density at radius 3 is 2.50 bits per heavy atom. The fourth-order valence-corrected chi connectivity index (χ4v) is 3.22. The minimum atomic E-state index is -0.427. The average molecular weight is 413 g/mol. The third kappa shape index (κ3) is 3.67. The Kier molecular flexibility index (Phi) is 5.18. The Bertz CT molecular complexity index is 978. The Balaban J connectivity index is 1.80. The monoisotopic (exact) mass is 412 g/mol. The van der Waals surface area contributed by atoms with E-state index in [2.05, 4.69) is 43.2 Å². The number of aryl methyl sites for hydroxylation is 1. The van der Waals surface area contributed by atoms with Gasteiger partial charge >= 0.3 is 0 Å². The summed E-state index contributed by atoms with van der Waals surface area (Å²) in [5.41, 5.74) is 7.88. The highest BCUT2D eigenvalue weighted by molar-refractivity contribution is 9.10. The molecule has 1 heterocycles. The van der Waals surface area contributed by atoms with Crippen LogP contribution in [0.2, 0.25) is 0 Å².